The number of aryl methyl sites for hydroxylation is 1. The van der Waals surface area contributed by atoms with Gasteiger partial charge in [0.15, 0.2) is 0 Å². The number of ether oxygens (including phenoxy) is 1. The fourth-order valence-corrected chi connectivity index (χ4v) is 3.19. The Kier molecular flexibility index (Phi) is 3.47. The van der Waals surface area contributed by atoms with Gasteiger partial charge in [-0.2, -0.15) is 5.10 Å². The minimum atomic E-state index is 0.823. The van der Waals surface area contributed by atoms with Gasteiger partial charge < -0.3 is 4.74 Å². The lowest BCUT2D eigenvalue weighted by Gasteiger charge is -2.17. The molecule has 2 heterocycles. The van der Waals surface area contributed by atoms with E-state index in [1.165, 1.54) is 5.56 Å². The van der Waals surface area contributed by atoms with Crippen LogP contribution in [-0.4, -0.2) is 16.8 Å². The Bertz CT molecular complexity index is 825. The number of nitrogens with zero attached hydrogens (tertiary/aromatic N) is 1. The first-order valence-corrected chi connectivity index (χ1v) is 8.16. The largest absolute Gasteiger partial charge is 0.493 e. The van der Waals surface area contributed by atoms with Crippen molar-refractivity contribution in [3.63, 3.8) is 0 Å². The zero-order chi connectivity index (χ0) is 14.9. The molecule has 22 heavy (non-hydrogen) atoms. The van der Waals surface area contributed by atoms with Crippen LogP contribution in [0.4, 0.5) is 0 Å². The first-order valence-electron chi connectivity index (χ1n) is 7.37. The zero-order valence-electron chi connectivity index (χ0n) is 12.0. The highest BCUT2D eigenvalue weighted by molar-refractivity contribution is 9.10. The van der Waals surface area contributed by atoms with E-state index in [1.807, 2.05) is 12.1 Å². The summed E-state index contributed by atoms with van der Waals surface area (Å²) in [5.74, 6) is 1.02. The number of aromatic amines is 1. The first-order chi connectivity index (χ1) is 10.8. The van der Waals surface area contributed by atoms with Gasteiger partial charge in [0.2, 0.25) is 0 Å². The molecule has 4 heteroatoms. The molecule has 3 aromatic rings. The van der Waals surface area contributed by atoms with E-state index in [4.69, 9.17) is 4.74 Å². The Balaban J connectivity index is 1.69. The maximum Gasteiger partial charge on any atom is 0.122 e. The number of benzene rings is 2. The maximum atomic E-state index is 5.67. The van der Waals surface area contributed by atoms with Crippen molar-refractivity contribution >= 4 is 15.9 Å². The normalized spacial score (nSPS) is 13.5. The summed E-state index contributed by atoms with van der Waals surface area (Å²) in [6.07, 6.45) is 2.17. The lowest BCUT2D eigenvalue weighted by atomic mass is 10.0. The van der Waals surface area contributed by atoms with Crippen LogP contribution in [0.1, 0.15) is 12.0 Å². The Morgan fingerprint density at radius 1 is 1.05 bits per heavy atom. The highest BCUT2D eigenvalue weighted by atomic mass is 79.9. The highest BCUT2D eigenvalue weighted by Gasteiger charge is 2.12. The third-order valence-corrected chi connectivity index (χ3v) is 4.41. The van der Waals surface area contributed by atoms with Crippen molar-refractivity contribution in [2.24, 2.45) is 0 Å². The summed E-state index contributed by atoms with van der Waals surface area (Å²) in [4.78, 5) is 0. The molecule has 0 bridgehead atoms. The van der Waals surface area contributed by atoms with E-state index in [2.05, 4.69) is 62.5 Å². The van der Waals surface area contributed by atoms with Crippen molar-refractivity contribution in [3.05, 3.63) is 58.6 Å². The molecule has 0 amide bonds. The van der Waals surface area contributed by atoms with Gasteiger partial charge in [0.05, 0.1) is 18.0 Å². The van der Waals surface area contributed by atoms with E-state index in [0.717, 1.165) is 52.2 Å². The molecular formula is C18H15BrN2O. The lowest BCUT2D eigenvalue weighted by Crippen LogP contribution is -2.08. The second-order valence-electron chi connectivity index (χ2n) is 5.45. The van der Waals surface area contributed by atoms with E-state index in [1.54, 1.807) is 0 Å². The number of nitrogens with one attached hydrogen (secondary N) is 1. The van der Waals surface area contributed by atoms with E-state index in [0.29, 0.717) is 0 Å². The van der Waals surface area contributed by atoms with Crippen LogP contribution >= 0.6 is 15.9 Å². The van der Waals surface area contributed by atoms with Gasteiger partial charge in [0.25, 0.3) is 0 Å². The number of hydrogen-bond donors (Lipinski definition) is 1. The van der Waals surface area contributed by atoms with Gasteiger partial charge in [0.1, 0.15) is 5.75 Å². The molecule has 1 aromatic heterocycles. The smallest absolute Gasteiger partial charge is 0.122 e. The van der Waals surface area contributed by atoms with Crippen molar-refractivity contribution in [3.8, 4) is 28.3 Å². The minimum absolute atomic E-state index is 0.823. The Morgan fingerprint density at radius 3 is 2.91 bits per heavy atom. The van der Waals surface area contributed by atoms with Crippen LogP contribution in [-0.2, 0) is 6.42 Å². The molecule has 0 atom stereocenters. The number of aromatic nitrogens is 2. The predicted octanol–water partition coefficient (Wildman–Crippen LogP) is 4.83. The highest BCUT2D eigenvalue weighted by Crippen LogP contribution is 2.31. The summed E-state index contributed by atoms with van der Waals surface area (Å²) in [7, 11) is 0. The van der Waals surface area contributed by atoms with Crippen molar-refractivity contribution in [1.29, 1.82) is 0 Å². The van der Waals surface area contributed by atoms with Crippen LogP contribution in [0.15, 0.2) is 53.0 Å². The second kappa shape index (κ2) is 5.61. The number of rotatable bonds is 2. The maximum absolute atomic E-state index is 5.67. The van der Waals surface area contributed by atoms with Gasteiger partial charge in [0, 0.05) is 15.6 Å². The molecule has 0 aliphatic carbocycles. The molecule has 3 nitrogen and oxygen atoms in total. The van der Waals surface area contributed by atoms with Gasteiger partial charge in [-0.15, -0.1) is 0 Å². The van der Waals surface area contributed by atoms with E-state index >= 15 is 0 Å². The number of fused-ring (bicyclic) bond motifs is 1. The predicted molar refractivity (Wildman–Crippen MR) is 91.0 cm³/mol. The fraction of sp³-hybridized carbons (Fsp3) is 0.167. The van der Waals surface area contributed by atoms with Crippen molar-refractivity contribution in [2.45, 2.75) is 12.8 Å². The summed E-state index contributed by atoms with van der Waals surface area (Å²) in [6, 6.07) is 16.6. The molecule has 2 aromatic carbocycles. The topological polar surface area (TPSA) is 37.9 Å². The molecule has 0 unspecified atom stereocenters. The molecular weight excluding hydrogens is 340 g/mol. The van der Waals surface area contributed by atoms with E-state index in [-0.39, 0.29) is 0 Å². The van der Waals surface area contributed by atoms with E-state index in [9.17, 15) is 0 Å². The van der Waals surface area contributed by atoms with Crippen LogP contribution in [0.2, 0.25) is 0 Å². The van der Waals surface area contributed by atoms with Crippen LogP contribution in [0.3, 0.4) is 0 Å². The average molecular weight is 355 g/mol. The molecule has 0 fully saturated rings. The molecule has 1 aliphatic rings. The Labute approximate surface area is 137 Å². The molecule has 0 radical (unpaired) electrons. The number of hydrogen-bond acceptors (Lipinski definition) is 2. The molecule has 0 saturated heterocycles. The number of halogens is 1. The Morgan fingerprint density at radius 2 is 2.00 bits per heavy atom. The average Bonchev–Trinajstić information content (AvgIpc) is 3.04. The van der Waals surface area contributed by atoms with Crippen LogP contribution in [0.25, 0.3) is 22.5 Å². The van der Waals surface area contributed by atoms with Gasteiger partial charge in [-0.25, -0.2) is 0 Å². The molecule has 0 saturated carbocycles. The van der Waals surface area contributed by atoms with Crippen LogP contribution in [0.5, 0.6) is 5.75 Å². The SMILES string of the molecule is Brc1cccc(-c2cc(-c3ccc4c(c3)CCCO4)[nH]n2)c1. The molecule has 1 aliphatic heterocycles. The third-order valence-electron chi connectivity index (χ3n) is 3.92. The van der Waals surface area contributed by atoms with Crippen molar-refractivity contribution in [1.82, 2.24) is 10.2 Å². The molecule has 0 spiro atoms. The van der Waals surface area contributed by atoms with Gasteiger partial charge in [-0.1, -0.05) is 28.1 Å². The summed E-state index contributed by atoms with van der Waals surface area (Å²) >= 11 is 3.50. The van der Waals surface area contributed by atoms with Crippen LogP contribution < -0.4 is 4.74 Å². The first kappa shape index (κ1) is 13.6. The zero-order valence-corrected chi connectivity index (χ0v) is 13.6. The van der Waals surface area contributed by atoms with Gasteiger partial charge in [-0.3, -0.25) is 5.10 Å². The second-order valence-corrected chi connectivity index (χ2v) is 6.37. The summed E-state index contributed by atoms with van der Waals surface area (Å²) in [6.45, 7) is 0.823. The fourth-order valence-electron chi connectivity index (χ4n) is 2.79. The summed E-state index contributed by atoms with van der Waals surface area (Å²) in [5.41, 5.74) is 5.51. The summed E-state index contributed by atoms with van der Waals surface area (Å²) < 4.78 is 6.73. The van der Waals surface area contributed by atoms with Crippen molar-refractivity contribution < 1.29 is 4.74 Å². The van der Waals surface area contributed by atoms with E-state index < -0.39 is 0 Å². The molecule has 4 rings (SSSR count). The quantitative estimate of drug-likeness (QED) is 0.715. The monoisotopic (exact) mass is 354 g/mol. The van der Waals surface area contributed by atoms with Crippen LogP contribution in [0, 0.1) is 0 Å². The lowest BCUT2D eigenvalue weighted by molar-refractivity contribution is 0.288. The standard InChI is InChI=1S/C18H15BrN2O/c19-15-5-1-3-12(10-15)16-11-17(21-20-16)13-6-7-18-14(9-13)4-2-8-22-18/h1,3,5-7,9-11H,2,4,8H2,(H,20,21). The Hall–Kier alpha value is -2.07. The van der Waals surface area contributed by atoms with Gasteiger partial charge >= 0.3 is 0 Å². The van der Waals surface area contributed by atoms with Crippen molar-refractivity contribution in [2.75, 3.05) is 6.61 Å². The molecule has 110 valence electrons. The molecule has 1 N–H and O–H groups in total. The minimum Gasteiger partial charge on any atom is -0.493 e. The summed E-state index contributed by atoms with van der Waals surface area (Å²) in [5, 5.41) is 7.58. The van der Waals surface area contributed by atoms with Gasteiger partial charge in [-0.05, 0) is 54.8 Å². The third kappa shape index (κ3) is 2.55. The number of H-pyrrole nitrogens is 1.